The Bertz CT molecular complexity index is 1020. The fourth-order valence-electron chi connectivity index (χ4n) is 2.31. The van der Waals surface area contributed by atoms with E-state index in [1.54, 1.807) is 11.3 Å². The number of alkyl halides is 3. The van der Waals surface area contributed by atoms with Gasteiger partial charge in [0.15, 0.2) is 4.34 Å². The molecule has 1 heterocycles. The second-order valence-corrected chi connectivity index (χ2v) is 9.86. The topological polar surface area (TPSA) is 68.3 Å². The lowest BCUT2D eigenvalue weighted by atomic mass is 10.3. The molecule has 0 bridgehead atoms. The molecule has 3 rings (SSSR count). The quantitative estimate of drug-likeness (QED) is 0.383. The number of halogens is 3. The molecule has 0 fully saturated rings. The van der Waals surface area contributed by atoms with Gasteiger partial charge >= 0.3 is 6.36 Å². The van der Waals surface area contributed by atoms with Crippen molar-refractivity contribution in [3.05, 3.63) is 48.5 Å². The maximum absolute atomic E-state index is 12.3. The van der Waals surface area contributed by atoms with Crippen LogP contribution < -0.4 is 9.46 Å². The summed E-state index contributed by atoms with van der Waals surface area (Å²) < 4.78 is 69.1. The summed E-state index contributed by atoms with van der Waals surface area (Å²) in [6, 6.07) is 12.5. The van der Waals surface area contributed by atoms with Crippen LogP contribution in [0, 0.1) is 0 Å². The number of nitrogens with zero attached hydrogens (tertiary/aromatic N) is 1. The first-order valence-corrected chi connectivity index (χ1v) is 11.5. The van der Waals surface area contributed by atoms with Crippen LogP contribution in [0.5, 0.6) is 5.75 Å². The number of thiazole rings is 1. The zero-order valence-electron chi connectivity index (χ0n) is 14.3. The summed E-state index contributed by atoms with van der Waals surface area (Å²) >= 11 is 3.02. The van der Waals surface area contributed by atoms with Crippen LogP contribution in [-0.2, 0) is 10.0 Å². The van der Waals surface area contributed by atoms with Crippen molar-refractivity contribution in [3.8, 4) is 5.75 Å². The number of sulfonamides is 1. The van der Waals surface area contributed by atoms with E-state index in [2.05, 4.69) is 14.4 Å². The summed E-state index contributed by atoms with van der Waals surface area (Å²) in [4.78, 5) is 4.46. The van der Waals surface area contributed by atoms with Crippen molar-refractivity contribution in [2.45, 2.75) is 17.1 Å². The zero-order chi connectivity index (χ0) is 20.2. The van der Waals surface area contributed by atoms with Crippen LogP contribution in [0.1, 0.15) is 6.42 Å². The van der Waals surface area contributed by atoms with E-state index in [0.29, 0.717) is 12.2 Å². The van der Waals surface area contributed by atoms with E-state index >= 15 is 0 Å². The molecule has 1 aromatic heterocycles. The Morgan fingerprint density at radius 1 is 1.14 bits per heavy atom. The second kappa shape index (κ2) is 8.58. The first-order chi connectivity index (χ1) is 13.2. The average molecular weight is 449 g/mol. The maximum atomic E-state index is 12.3. The standard InChI is InChI=1S/C17H15F3N2O3S3/c18-17(19,20)25-13-6-3-5-12(11-13)22-28(23,24)10-4-9-26-16-21-14-7-1-2-8-15(14)27-16/h1-3,5-8,11,22H,4,9-10H2. The number of nitrogens with one attached hydrogen (secondary N) is 1. The molecule has 0 spiro atoms. The second-order valence-electron chi connectivity index (χ2n) is 5.65. The van der Waals surface area contributed by atoms with Gasteiger partial charge in [-0.15, -0.1) is 24.5 Å². The van der Waals surface area contributed by atoms with E-state index < -0.39 is 22.1 Å². The molecule has 11 heteroatoms. The number of hydrogen-bond donors (Lipinski definition) is 1. The van der Waals surface area contributed by atoms with Gasteiger partial charge in [0.25, 0.3) is 0 Å². The van der Waals surface area contributed by atoms with Crippen molar-refractivity contribution in [3.63, 3.8) is 0 Å². The molecule has 5 nitrogen and oxygen atoms in total. The lowest BCUT2D eigenvalue weighted by Crippen LogP contribution is -2.18. The highest BCUT2D eigenvalue weighted by molar-refractivity contribution is 8.01. The molecule has 3 aromatic rings. The largest absolute Gasteiger partial charge is 0.573 e. The fraction of sp³-hybridized carbons (Fsp3) is 0.235. The number of fused-ring (bicyclic) bond motifs is 1. The number of hydrogen-bond acceptors (Lipinski definition) is 6. The molecular weight excluding hydrogens is 433 g/mol. The van der Waals surface area contributed by atoms with Gasteiger partial charge in [0, 0.05) is 11.8 Å². The van der Waals surface area contributed by atoms with E-state index in [9.17, 15) is 21.6 Å². The Kier molecular flexibility index (Phi) is 6.36. The summed E-state index contributed by atoms with van der Waals surface area (Å²) in [7, 11) is -3.69. The number of benzene rings is 2. The molecule has 0 saturated heterocycles. The monoisotopic (exact) mass is 448 g/mol. The van der Waals surface area contributed by atoms with Crippen LogP contribution in [0.25, 0.3) is 10.2 Å². The van der Waals surface area contributed by atoms with Crippen molar-refractivity contribution in [1.29, 1.82) is 0 Å². The minimum absolute atomic E-state index is 0.0144. The maximum Gasteiger partial charge on any atom is 0.573 e. The Morgan fingerprint density at radius 2 is 1.93 bits per heavy atom. The van der Waals surface area contributed by atoms with Crippen LogP contribution >= 0.6 is 23.1 Å². The normalized spacial score (nSPS) is 12.2. The molecule has 0 aliphatic carbocycles. The average Bonchev–Trinajstić information content (AvgIpc) is 3.00. The summed E-state index contributed by atoms with van der Waals surface area (Å²) in [6.07, 6.45) is -4.47. The highest BCUT2D eigenvalue weighted by Gasteiger charge is 2.31. The minimum atomic E-state index is -4.84. The van der Waals surface area contributed by atoms with Crippen LogP contribution in [0.4, 0.5) is 18.9 Å². The smallest absolute Gasteiger partial charge is 0.406 e. The van der Waals surface area contributed by atoms with Crippen molar-refractivity contribution in [2.24, 2.45) is 0 Å². The molecule has 0 aliphatic rings. The zero-order valence-corrected chi connectivity index (χ0v) is 16.7. The Hall–Kier alpha value is -1.98. The van der Waals surface area contributed by atoms with Crippen molar-refractivity contribution < 1.29 is 26.3 Å². The number of ether oxygens (including phenoxy) is 1. The first-order valence-electron chi connectivity index (χ1n) is 8.05. The molecule has 150 valence electrons. The molecule has 0 atom stereocenters. The van der Waals surface area contributed by atoms with Crippen molar-refractivity contribution in [2.75, 3.05) is 16.2 Å². The van der Waals surface area contributed by atoms with E-state index in [4.69, 9.17) is 0 Å². The number of aromatic nitrogens is 1. The summed E-state index contributed by atoms with van der Waals surface area (Å²) in [5, 5.41) is 0. The summed E-state index contributed by atoms with van der Waals surface area (Å²) in [5.41, 5.74) is 0.922. The van der Waals surface area contributed by atoms with Crippen molar-refractivity contribution >= 4 is 49.0 Å². The molecular formula is C17H15F3N2O3S3. The Balaban J connectivity index is 1.50. The van der Waals surface area contributed by atoms with Gasteiger partial charge in [-0.3, -0.25) is 4.72 Å². The van der Waals surface area contributed by atoms with Gasteiger partial charge in [-0.25, -0.2) is 13.4 Å². The van der Waals surface area contributed by atoms with Gasteiger partial charge in [0.1, 0.15) is 5.75 Å². The molecule has 0 radical (unpaired) electrons. The fourth-order valence-corrected chi connectivity index (χ4v) is 5.68. The third-order valence-corrected chi connectivity index (χ3v) is 7.04. The van der Waals surface area contributed by atoms with Crippen LogP contribution in [-0.4, -0.2) is 31.3 Å². The lowest BCUT2D eigenvalue weighted by Gasteiger charge is -2.11. The number of thioether (sulfide) groups is 1. The lowest BCUT2D eigenvalue weighted by molar-refractivity contribution is -0.274. The van der Waals surface area contributed by atoms with Gasteiger partial charge in [0.05, 0.1) is 21.7 Å². The molecule has 2 aromatic carbocycles. The van der Waals surface area contributed by atoms with E-state index in [-0.39, 0.29) is 11.4 Å². The van der Waals surface area contributed by atoms with Crippen LogP contribution in [0.3, 0.4) is 0 Å². The third kappa shape index (κ3) is 6.28. The SMILES string of the molecule is O=S(=O)(CCCSc1nc2ccccc2s1)Nc1cccc(OC(F)(F)F)c1. The van der Waals surface area contributed by atoms with E-state index in [1.165, 1.54) is 23.9 Å². The predicted octanol–water partition coefficient (Wildman–Crippen LogP) is 5.12. The highest BCUT2D eigenvalue weighted by atomic mass is 32.2. The van der Waals surface area contributed by atoms with Gasteiger partial charge in [-0.2, -0.15) is 0 Å². The molecule has 28 heavy (non-hydrogen) atoms. The number of para-hydroxylation sites is 1. The molecule has 0 saturated carbocycles. The number of rotatable bonds is 8. The summed E-state index contributed by atoms with van der Waals surface area (Å²) in [5.74, 6) is -0.0909. The van der Waals surface area contributed by atoms with Crippen LogP contribution in [0.2, 0.25) is 0 Å². The van der Waals surface area contributed by atoms with Gasteiger partial charge in [0.2, 0.25) is 10.0 Å². The van der Waals surface area contributed by atoms with Gasteiger partial charge in [-0.05, 0) is 30.7 Å². The third-order valence-electron chi connectivity index (χ3n) is 3.40. The summed E-state index contributed by atoms with van der Waals surface area (Å²) in [6.45, 7) is 0. The Morgan fingerprint density at radius 3 is 2.68 bits per heavy atom. The molecule has 0 amide bonds. The molecule has 1 N–H and O–H groups in total. The minimum Gasteiger partial charge on any atom is -0.406 e. The number of anilines is 1. The predicted molar refractivity (Wildman–Crippen MR) is 105 cm³/mol. The Labute approximate surface area is 168 Å². The van der Waals surface area contributed by atoms with Crippen LogP contribution in [0.15, 0.2) is 52.9 Å². The van der Waals surface area contributed by atoms with E-state index in [0.717, 1.165) is 26.7 Å². The van der Waals surface area contributed by atoms with Gasteiger partial charge in [-0.1, -0.05) is 30.0 Å². The van der Waals surface area contributed by atoms with Crippen molar-refractivity contribution in [1.82, 2.24) is 4.98 Å². The van der Waals surface area contributed by atoms with Gasteiger partial charge < -0.3 is 4.74 Å². The first kappa shape index (κ1) is 20.7. The highest BCUT2D eigenvalue weighted by Crippen LogP contribution is 2.30. The van der Waals surface area contributed by atoms with E-state index in [1.807, 2.05) is 24.3 Å². The molecule has 0 unspecified atom stereocenters. The molecule has 0 aliphatic heterocycles.